The second kappa shape index (κ2) is 6.73. The number of aromatic nitrogens is 2. The molecule has 2 aromatic rings. The lowest BCUT2D eigenvalue weighted by Crippen LogP contribution is -2.39. The molecule has 24 heavy (non-hydrogen) atoms. The van der Waals surface area contributed by atoms with Gasteiger partial charge in [-0.25, -0.2) is 0 Å². The fourth-order valence-electron chi connectivity index (χ4n) is 2.86. The molecule has 1 amide bonds. The van der Waals surface area contributed by atoms with Gasteiger partial charge in [0.25, 0.3) is 0 Å². The van der Waals surface area contributed by atoms with Crippen molar-refractivity contribution in [3.05, 3.63) is 42.0 Å². The summed E-state index contributed by atoms with van der Waals surface area (Å²) >= 11 is 0. The van der Waals surface area contributed by atoms with Gasteiger partial charge in [-0.2, -0.15) is 4.98 Å². The van der Waals surface area contributed by atoms with Crippen LogP contribution in [-0.4, -0.2) is 33.5 Å². The zero-order chi connectivity index (χ0) is 17.2. The van der Waals surface area contributed by atoms with Gasteiger partial charge in [-0.05, 0) is 31.5 Å². The Kier molecular flexibility index (Phi) is 4.66. The van der Waals surface area contributed by atoms with Crippen LogP contribution in [-0.2, 0) is 16.8 Å². The first-order chi connectivity index (χ1) is 11.4. The summed E-state index contributed by atoms with van der Waals surface area (Å²) < 4.78 is 5.36. The molecule has 0 spiro atoms. The highest BCUT2D eigenvalue weighted by Gasteiger charge is 2.32. The van der Waals surface area contributed by atoms with Gasteiger partial charge in [-0.1, -0.05) is 44.1 Å². The van der Waals surface area contributed by atoms with E-state index in [4.69, 9.17) is 4.52 Å². The van der Waals surface area contributed by atoms with E-state index >= 15 is 0 Å². The molecule has 1 aromatic carbocycles. The summed E-state index contributed by atoms with van der Waals surface area (Å²) in [6.45, 7) is 7.52. The average Bonchev–Trinajstić information content (AvgIpc) is 3.17. The van der Waals surface area contributed by atoms with Gasteiger partial charge in [0.2, 0.25) is 11.8 Å². The number of nitrogens with zero attached hydrogens (tertiary/aromatic N) is 3. The maximum atomic E-state index is 12.6. The highest BCUT2D eigenvalue weighted by molar-refractivity contribution is 5.94. The van der Waals surface area contributed by atoms with Crippen molar-refractivity contribution in [3.8, 4) is 0 Å². The predicted octanol–water partition coefficient (Wildman–Crippen LogP) is 2.97. The van der Waals surface area contributed by atoms with Crippen molar-refractivity contribution in [3.63, 3.8) is 0 Å². The molecule has 2 heterocycles. The minimum absolute atomic E-state index is 0.0225. The third-order valence-corrected chi connectivity index (χ3v) is 4.18. The number of carbonyl (C=O) groups is 1. The SMILES string of the molecule is CC(C)(C)c1noc(CN2CCCC2C(=O)Nc2ccccc2)n1. The molecule has 1 aromatic heterocycles. The highest BCUT2D eigenvalue weighted by atomic mass is 16.5. The number of amides is 1. The van der Waals surface area contributed by atoms with Crippen LogP contribution in [0.3, 0.4) is 0 Å². The van der Waals surface area contributed by atoms with E-state index in [0.29, 0.717) is 18.3 Å². The van der Waals surface area contributed by atoms with Crippen LogP contribution in [0.2, 0.25) is 0 Å². The van der Waals surface area contributed by atoms with Crippen LogP contribution in [0.15, 0.2) is 34.9 Å². The molecule has 3 rings (SSSR count). The van der Waals surface area contributed by atoms with E-state index in [1.165, 1.54) is 0 Å². The van der Waals surface area contributed by atoms with Gasteiger partial charge in [-0.15, -0.1) is 0 Å². The summed E-state index contributed by atoms with van der Waals surface area (Å²) in [5.74, 6) is 1.29. The van der Waals surface area contributed by atoms with E-state index in [1.54, 1.807) is 0 Å². The van der Waals surface area contributed by atoms with Crippen LogP contribution in [0.4, 0.5) is 5.69 Å². The van der Waals surface area contributed by atoms with E-state index in [9.17, 15) is 4.79 Å². The van der Waals surface area contributed by atoms with Crippen LogP contribution >= 0.6 is 0 Å². The number of anilines is 1. The van der Waals surface area contributed by atoms with Gasteiger partial charge >= 0.3 is 0 Å². The summed E-state index contributed by atoms with van der Waals surface area (Å²) in [6.07, 6.45) is 1.84. The lowest BCUT2D eigenvalue weighted by atomic mass is 9.96. The number of carbonyl (C=O) groups excluding carboxylic acids is 1. The first kappa shape index (κ1) is 16.6. The van der Waals surface area contributed by atoms with Crippen molar-refractivity contribution in [1.29, 1.82) is 0 Å². The molecule has 0 aliphatic carbocycles. The summed E-state index contributed by atoms with van der Waals surface area (Å²) in [5.41, 5.74) is 0.679. The molecule has 6 heteroatoms. The molecule has 0 radical (unpaired) electrons. The number of hydrogen-bond donors (Lipinski definition) is 1. The Labute approximate surface area is 142 Å². The van der Waals surface area contributed by atoms with Crippen LogP contribution in [0.1, 0.15) is 45.3 Å². The van der Waals surface area contributed by atoms with Gasteiger partial charge in [0, 0.05) is 11.1 Å². The number of rotatable bonds is 4. The lowest BCUT2D eigenvalue weighted by molar-refractivity contribution is -0.120. The summed E-state index contributed by atoms with van der Waals surface area (Å²) in [5, 5.41) is 7.04. The lowest BCUT2D eigenvalue weighted by Gasteiger charge is -2.22. The Balaban J connectivity index is 1.65. The van der Waals surface area contributed by atoms with E-state index in [1.807, 2.05) is 51.1 Å². The molecule has 1 fully saturated rings. The Bertz CT molecular complexity index is 691. The number of hydrogen-bond acceptors (Lipinski definition) is 5. The number of nitrogens with one attached hydrogen (secondary N) is 1. The van der Waals surface area contributed by atoms with Crippen molar-refractivity contribution in [2.45, 2.75) is 51.6 Å². The van der Waals surface area contributed by atoms with E-state index in [-0.39, 0.29) is 17.4 Å². The monoisotopic (exact) mass is 328 g/mol. The molecule has 0 saturated carbocycles. The van der Waals surface area contributed by atoms with Gasteiger partial charge in [-0.3, -0.25) is 9.69 Å². The summed E-state index contributed by atoms with van der Waals surface area (Å²) in [7, 11) is 0. The molecule has 1 saturated heterocycles. The van der Waals surface area contributed by atoms with Gasteiger partial charge < -0.3 is 9.84 Å². The maximum absolute atomic E-state index is 12.6. The minimum Gasteiger partial charge on any atom is -0.338 e. The highest BCUT2D eigenvalue weighted by Crippen LogP contribution is 2.23. The molecular formula is C18H24N4O2. The molecule has 1 atom stereocenters. The Morgan fingerprint density at radius 3 is 2.75 bits per heavy atom. The summed E-state index contributed by atoms with van der Waals surface area (Å²) in [6, 6.07) is 9.38. The maximum Gasteiger partial charge on any atom is 0.241 e. The van der Waals surface area contributed by atoms with E-state index in [2.05, 4.69) is 20.4 Å². The van der Waals surface area contributed by atoms with Crippen LogP contribution < -0.4 is 5.32 Å². The number of benzene rings is 1. The van der Waals surface area contributed by atoms with Gasteiger partial charge in [0.15, 0.2) is 5.82 Å². The van der Waals surface area contributed by atoms with Crippen LogP contribution in [0.25, 0.3) is 0 Å². The molecule has 1 aliphatic heterocycles. The van der Waals surface area contributed by atoms with Gasteiger partial charge in [0.05, 0.1) is 12.6 Å². The van der Waals surface area contributed by atoms with Crippen molar-refractivity contribution >= 4 is 11.6 Å². The van der Waals surface area contributed by atoms with Crippen LogP contribution in [0.5, 0.6) is 0 Å². The van der Waals surface area contributed by atoms with Crippen LogP contribution in [0, 0.1) is 0 Å². The van der Waals surface area contributed by atoms with Crippen molar-refractivity contribution in [1.82, 2.24) is 15.0 Å². The molecule has 128 valence electrons. The fraction of sp³-hybridized carbons (Fsp3) is 0.500. The zero-order valence-electron chi connectivity index (χ0n) is 14.5. The topological polar surface area (TPSA) is 71.3 Å². The Morgan fingerprint density at radius 1 is 1.33 bits per heavy atom. The predicted molar refractivity (Wildman–Crippen MR) is 91.5 cm³/mol. The standard InChI is InChI=1S/C18H24N4O2/c1-18(2,3)17-20-15(24-21-17)12-22-11-7-10-14(22)16(23)19-13-8-5-4-6-9-13/h4-6,8-9,14H,7,10-12H2,1-3H3,(H,19,23). The van der Waals surface area contributed by atoms with E-state index < -0.39 is 0 Å². The third kappa shape index (κ3) is 3.82. The molecule has 6 nitrogen and oxygen atoms in total. The first-order valence-corrected chi connectivity index (χ1v) is 8.36. The molecular weight excluding hydrogens is 304 g/mol. The number of likely N-dealkylation sites (tertiary alicyclic amines) is 1. The molecule has 1 aliphatic rings. The largest absolute Gasteiger partial charge is 0.338 e. The number of para-hydroxylation sites is 1. The zero-order valence-corrected chi connectivity index (χ0v) is 14.5. The molecule has 1 N–H and O–H groups in total. The van der Waals surface area contributed by atoms with Crippen molar-refractivity contribution in [2.75, 3.05) is 11.9 Å². The second-order valence-corrected chi connectivity index (χ2v) is 7.25. The van der Waals surface area contributed by atoms with Gasteiger partial charge in [0.1, 0.15) is 0 Å². The second-order valence-electron chi connectivity index (χ2n) is 7.25. The molecule has 0 bridgehead atoms. The van der Waals surface area contributed by atoms with Crippen molar-refractivity contribution in [2.24, 2.45) is 0 Å². The van der Waals surface area contributed by atoms with Crippen molar-refractivity contribution < 1.29 is 9.32 Å². The third-order valence-electron chi connectivity index (χ3n) is 4.18. The molecule has 1 unspecified atom stereocenters. The Hall–Kier alpha value is -2.21. The van der Waals surface area contributed by atoms with E-state index in [0.717, 1.165) is 25.1 Å². The average molecular weight is 328 g/mol. The first-order valence-electron chi connectivity index (χ1n) is 8.36. The quantitative estimate of drug-likeness (QED) is 0.934. The smallest absolute Gasteiger partial charge is 0.241 e. The minimum atomic E-state index is -0.157. The fourth-order valence-corrected chi connectivity index (χ4v) is 2.86. The summed E-state index contributed by atoms with van der Waals surface area (Å²) in [4.78, 5) is 19.1. The normalized spacial score (nSPS) is 18.7. The Morgan fingerprint density at radius 2 is 2.08 bits per heavy atom.